The van der Waals surface area contributed by atoms with E-state index in [-0.39, 0.29) is 11.9 Å². The van der Waals surface area contributed by atoms with E-state index in [1.54, 1.807) is 6.20 Å². The van der Waals surface area contributed by atoms with Crippen molar-refractivity contribution in [2.24, 2.45) is 0 Å². The second-order valence-electron chi connectivity index (χ2n) is 7.15. The summed E-state index contributed by atoms with van der Waals surface area (Å²) in [5, 5.41) is 7.12. The van der Waals surface area contributed by atoms with Gasteiger partial charge < -0.3 is 9.80 Å². The summed E-state index contributed by atoms with van der Waals surface area (Å²) < 4.78 is 0. The normalized spacial score (nSPS) is 20.6. The number of rotatable bonds is 3. The van der Waals surface area contributed by atoms with Gasteiger partial charge in [0.05, 0.1) is 17.3 Å². The van der Waals surface area contributed by atoms with E-state index in [0.29, 0.717) is 17.9 Å². The monoisotopic (exact) mass is 355 g/mol. The van der Waals surface area contributed by atoms with Crippen molar-refractivity contribution in [3.8, 4) is 0 Å². The van der Waals surface area contributed by atoms with Gasteiger partial charge in [0, 0.05) is 25.8 Å². The first-order chi connectivity index (χ1) is 12.6. The number of piperidine rings is 1. The number of nitrogens with zero attached hydrogens (tertiary/aromatic N) is 6. The van der Waals surface area contributed by atoms with Gasteiger partial charge in [0.2, 0.25) is 5.95 Å². The summed E-state index contributed by atoms with van der Waals surface area (Å²) in [6, 6.07) is -0.0754. The molecule has 4 heterocycles. The molecular formula is C18H25N7O. The summed E-state index contributed by atoms with van der Waals surface area (Å²) in [5.41, 5.74) is 1.31. The molecule has 0 aromatic carbocycles. The van der Waals surface area contributed by atoms with Gasteiger partial charge in [0.25, 0.3) is 5.91 Å². The molecule has 1 amide bonds. The Morgan fingerprint density at radius 2 is 1.92 bits per heavy atom. The minimum Gasteiger partial charge on any atom is -0.341 e. The van der Waals surface area contributed by atoms with Gasteiger partial charge in [-0.3, -0.25) is 9.89 Å². The molecule has 0 spiro atoms. The molecule has 2 aromatic rings. The van der Waals surface area contributed by atoms with E-state index < -0.39 is 0 Å². The van der Waals surface area contributed by atoms with Gasteiger partial charge in [-0.25, -0.2) is 15.0 Å². The third-order valence-electron chi connectivity index (χ3n) is 5.26. The largest absolute Gasteiger partial charge is 0.341 e. The molecule has 1 N–H and O–H groups in total. The van der Waals surface area contributed by atoms with Crippen molar-refractivity contribution in [2.45, 2.75) is 52.0 Å². The maximum atomic E-state index is 13.1. The van der Waals surface area contributed by atoms with E-state index in [2.05, 4.69) is 30.0 Å². The molecule has 1 unspecified atom stereocenters. The maximum Gasteiger partial charge on any atom is 0.257 e. The number of aromatic nitrogens is 5. The molecule has 2 saturated heterocycles. The molecule has 0 saturated carbocycles. The van der Waals surface area contributed by atoms with E-state index in [1.165, 1.54) is 19.3 Å². The van der Waals surface area contributed by atoms with Gasteiger partial charge in [0.1, 0.15) is 5.82 Å². The highest BCUT2D eigenvalue weighted by atomic mass is 16.2. The molecule has 1 atom stereocenters. The van der Waals surface area contributed by atoms with Crippen LogP contribution in [-0.2, 0) is 0 Å². The molecule has 0 radical (unpaired) electrons. The number of aryl methyl sites for hydroxylation is 2. The first kappa shape index (κ1) is 16.9. The molecule has 2 aromatic heterocycles. The highest BCUT2D eigenvalue weighted by molar-refractivity contribution is 5.95. The van der Waals surface area contributed by atoms with Crippen molar-refractivity contribution in [3.05, 3.63) is 29.1 Å². The molecule has 2 fully saturated rings. The van der Waals surface area contributed by atoms with Gasteiger partial charge in [-0.1, -0.05) is 0 Å². The van der Waals surface area contributed by atoms with Gasteiger partial charge in [-0.2, -0.15) is 5.10 Å². The third-order valence-corrected chi connectivity index (χ3v) is 5.26. The van der Waals surface area contributed by atoms with Gasteiger partial charge in [-0.15, -0.1) is 0 Å². The summed E-state index contributed by atoms with van der Waals surface area (Å²) in [5.74, 6) is 2.17. The second kappa shape index (κ2) is 7.01. The van der Waals surface area contributed by atoms with Crippen LogP contribution in [0.2, 0.25) is 0 Å². The van der Waals surface area contributed by atoms with Gasteiger partial charge in [-0.05, 0) is 46.0 Å². The summed E-state index contributed by atoms with van der Waals surface area (Å²) in [6.45, 7) is 6.46. The van der Waals surface area contributed by atoms with Crippen molar-refractivity contribution in [3.63, 3.8) is 0 Å². The number of nitrogens with one attached hydrogen (secondary N) is 1. The average Bonchev–Trinajstić information content (AvgIpc) is 3.30. The number of carbonyl (C=O) groups excluding carboxylic acids is 1. The SMILES string of the molecule is Cc1nc(C2CCCN2C(=O)c2cnc(N3CCCCC3)nc2C)n[nH]1. The van der Waals surface area contributed by atoms with E-state index in [4.69, 9.17) is 0 Å². The quantitative estimate of drug-likeness (QED) is 0.907. The Morgan fingerprint density at radius 3 is 2.62 bits per heavy atom. The highest BCUT2D eigenvalue weighted by Gasteiger charge is 2.34. The van der Waals surface area contributed by atoms with Crippen LogP contribution in [0.5, 0.6) is 0 Å². The molecule has 4 rings (SSSR count). The number of likely N-dealkylation sites (tertiary alicyclic amines) is 1. The Morgan fingerprint density at radius 1 is 1.12 bits per heavy atom. The lowest BCUT2D eigenvalue weighted by atomic mass is 10.1. The number of aromatic amines is 1. The van der Waals surface area contributed by atoms with Crippen LogP contribution in [0.4, 0.5) is 5.95 Å². The molecule has 0 bridgehead atoms. The van der Waals surface area contributed by atoms with Gasteiger partial charge in [0.15, 0.2) is 5.82 Å². The van der Waals surface area contributed by atoms with Gasteiger partial charge >= 0.3 is 0 Å². The van der Waals surface area contributed by atoms with E-state index in [0.717, 1.165) is 43.4 Å². The fourth-order valence-electron chi connectivity index (χ4n) is 3.85. The second-order valence-corrected chi connectivity index (χ2v) is 7.15. The standard InChI is InChI=1S/C18H25N7O/c1-12-14(11-19-18(20-12)24-8-4-3-5-9-24)17(26)25-10-6-7-15(25)16-21-13(2)22-23-16/h11,15H,3-10H2,1-2H3,(H,21,22,23). The van der Waals surface area contributed by atoms with Crippen LogP contribution in [0.3, 0.4) is 0 Å². The van der Waals surface area contributed by atoms with Crippen molar-refractivity contribution in [1.29, 1.82) is 0 Å². The highest BCUT2D eigenvalue weighted by Crippen LogP contribution is 2.31. The van der Waals surface area contributed by atoms with Crippen LogP contribution in [0.1, 0.15) is 65.8 Å². The molecule has 138 valence electrons. The molecule has 2 aliphatic heterocycles. The predicted octanol–water partition coefficient (Wildman–Crippen LogP) is 2.18. The lowest BCUT2D eigenvalue weighted by Gasteiger charge is -2.27. The van der Waals surface area contributed by atoms with Crippen molar-refractivity contribution >= 4 is 11.9 Å². The average molecular weight is 355 g/mol. The van der Waals surface area contributed by atoms with Crippen LogP contribution in [-0.4, -0.2) is 55.6 Å². The lowest BCUT2D eigenvalue weighted by Crippen LogP contribution is -2.33. The Hall–Kier alpha value is -2.51. The maximum absolute atomic E-state index is 13.1. The number of carbonyl (C=O) groups is 1. The fourth-order valence-corrected chi connectivity index (χ4v) is 3.85. The minimum absolute atomic E-state index is 0.0300. The number of H-pyrrole nitrogens is 1. The summed E-state index contributed by atoms with van der Waals surface area (Å²) in [7, 11) is 0. The number of anilines is 1. The van der Waals surface area contributed by atoms with E-state index in [9.17, 15) is 4.79 Å². The van der Waals surface area contributed by atoms with Crippen molar-refractivity contribution < 1.29 is 4.79 Å². The van der Waals surface area contributed by atoms with Crippen LogP contribution in [0.15, 0.2) is 6.20 Å². The van der Waals surface area contributed by atoms with Crippen LogP contribution >= 0.6 is 0 Å². The Kier molecular flexibility index (Phi) is 4.57. The summed E-state index contributed by atoms with van der Waals surface area (Å²) in [4.78, 5) is 30.7. The van der Waals surface area contributed by atoms with E-state index >= 15 is 0 Å². The third kappa shape index (κ3) is 3.15. The smallest absolute Gasteiger partial charge is 0.257 e. The fraction of sp³-hybridized carbons (Fsp3) is 0.611. The topological polar surface area (TPSA) is 90.9 Å². The predicted molar refractivity (Wildman–Crippen MR) is 97.0 cm³/mol. The zero-order chi connectivity index (χ0) is 18.1. The zero-order valence-corrected chi connectivity index (χ0v) is 15.4. The first-order valence-corrected chi connectivity index (χ1v) is 9.42. The zero-order valence-electron chi connectivity index (χ0n) is 15.4. The van der Waals surface area contributed by atoms with E-state index in [1.807, 2.05) is 18.7 Å². The molecular weight excluding hydrogens is 330 g/mol. The van der Waals surface area contributed by atoms with Crippen LogP contribution < -0.4 is 4.90 Å². The Balaban J connectivity index is 1.55. The number of amides is 1. The number of hydrogen-bond donors (Lipinski definition) is 1. The molecule has 8 heteroatoms. The van der Waals surface area contributed by atoms with Crippen molar-refractivity contribution in [1.82, 2.24) is 30.0 Å². The molecule has 8 nitrogen and oxygen atoms in total. The summed E-state index contributed by atoms with van der Waals surface area (Å²) >= 11 is 0. The summed E-state index contributed by atoms with van der Waals surface area (Å²) in [6.07, 6.45) is 7.14. The van der Waals surface area contributed by atoms with Crippen LogP contribution in [0, 0.1) is 13.8 Å². The van der Waals surface area contributed by atoms with Crippen molar-refractivity contribution in [2.75, 3.05) is 24.5 Å². The molecule has 2 aliphatic rings. The number of hydrogen-bond acceptors (Lipinski definition) is 6. The minimum atomic E-state index is -0.0754. The first-order valence-electron chi connectivity index (χ1n) is 9.42. The lowest BCUT2D eigenvalue weighted by molar-refractivity contribution is 0.0728. The molecule has 26 heavy (non-hydrogen) atoms. The van der Waals surface area contributed by atoms with Crippen LogP contribution in [0.25, 0.3) is 0 Å². The Labute approximate surface area is 153 Å². The molecule has 0 aliphatic carbocycles. The Bertz CT molecular complexity index is 797.